The predicted molar refractivity (Wildman–Crippen MR) is 64.6 cm³/mol. The molecule has 1 saturated heterocycles. The van der Waals surface area contributed by atoms with Crippen LogP contribution in [0.2, 0.25) is 0 Å². The molecule has 1 heterocycles. The lowest BCUT2D eigenvalue weighted by Crippen LogP contribution is -2.34. The standard InChI is InChI=1S/C11H23NO2S/c1-9(6-7-15(3)13)12-8-11-5-4-10(2)14-11/h9-12H,4-8H2,1-3H3. The van der Waals surface area contributed by atoms with E-state index in [4.69, 9.17) is 4.74 Å². The van der Waals surface area contributed by atoms with Crippen molar-refractivity contribution in [2.45, 2.75) is 51.4 Å². The highest BCUT2D eigenvalue weighted by Crippen LogP contribution is 2.18. The van der Waals surface area contributed by atoms with Gasteiger partial charge in [-0.1, -0.05) is 0 Å². The number of ether oxygens (including phenoxy) is 1. The minimum atomic E-state index is -0.669. The van der Waals surface area contributed by atoms with E-state index in [2.05, 4.69) is 19.2 Å². The Hall–Kier alpha value is 0.0700. The Morgan fingerprint density at radius 3 is 2.80 bits per heavy atom. The molecule has 0 aliphatic carbocycles. The molecule has 90 valence electrons. The van der Waals surface area contributed by atoms with E-state index < -0.39 is 10.8 Å². The minimum Gasteiger partial charge on any atom is -0.374 e. The molecule has 0 amide bonds. The highest BCUT2D eigenvalue weighted by molar-refractivity contribution is 7.84. The molecule has 4 unspecified atom stereocenters. The topological polar surface area (TPSA) is 38.3 Å². The first-order valence-corrected chi connectivity index (χ1v) is 7.49. The van der Waals surface area contributed by atoms with E-state index in [1.165, 1.54) is 12.8 Å². The zero-order valence-corrected chi connectivity index (χ0v) is 10.8. The van der Waals surface area contributed by atoms with Crippen LogP contribution in [0.25, 0.3) is 0 Å². The van der Waals surface area contributed by atoms with Gasteiger partial charge in [-0.15, -0.1) is 0 Å². The molecular weight excluding hydrogens is 210 g/mol. The first-order chi connectivity index (χ1) is 7.08. The largest absolute Gasteiger partial charge is 0.374 e. The van der Waals surface area contributed by atoms with Crippen LogP contribution in [0.15, 0.2) is 0 Å². The summed E-state index contributed by atoms with van der Waals surface area (Å²) < 4.78 is 16.6. The quantitative estimate of drug-likeness (QED) is 0.751. The van der Waals surface area contributed by atoms with Crippen LogP contribution in [0.5, 0.6) is 0 Å². The summed E-state index contributed by atoms with van der Waals surface area (Å²) in [5.74, 6) is 0.788. The molecule has 1 aliphatic heterocycles. The average molecular weight is 233 g/mol. The summed E-state index contributed by atoms with van der Waals surface area (Å²) in [6.45, 7) is 5.21. The van der Waals surface area contributed by atoms with Gasteiger partial charge >= 0.3 is 0 Å². The Labute approximate surface area is 95.4 Å². The molecule has 1 N–H and O–H groups in total. The fourth-order valence-electron chi connectivity index (χ4n) is 1.81. The number of hydrogen-bond donors (Lipinski definition) is 1. The van der Waals surface area contributed by atoms with Crippen LogP contribution < -0.4 is 5.32 Å². The maximum absolute atomic E-state index is 10.9. The van der Waals surface area contributed by atoms with Crippen LogP contribution in [0.1, 0.15) is 33.1 Å². The predicted octanol–water partition coefficient (Wildman–Crippen LogP) is 1.30. The lowest BCUT2D eigenvalue weighted by molar-refractivity contribution is 0.0546. The summed E-state index contributed by atoms with van der Waals surface area (Å²) in [6, 6.07) is 0.438. The molecule has 1 rings (SSSR count). The molecule has 0 bridgehead atoms. The molecule has 15 heavy (non-hydrogen) atoms. The van der Waals surface area contributed by atoms with Gasteiger partial charge in [0.25, 0.3) is 0 Å². The summed E-state index contributed by atoms with van der Waals surface area (Å²) in [5, 5.41) is 3.44. The van der Waals surface area contributed by atoms with Gasteiger partial charge in [0.1, 0.15) is 0 Å². The van der Waals surface area contributed by atoms with Crippen molar-refractivity contribution in [3.63, 3.8) is 0 Å². The van der Waals surface area contributed by atoms with Crippen LogP contribution >= 0.6 is 0 Å². The molecule has 3 nitrogen and oxygen atoms in total. The molecule has 0 aromatic rings. The second kappa shape index (κ2) is 6.61. The van der Waals surface area contributed by atoms with Crippen LogP contribution in [0.3, 0.4) is 0 Å². The minimum absolute atomic E-state index is 0.384. The average Bonchev–Trinajstić information content (AvgIpc) is 2.58. The van der Waals surface area contributed by atoms with Crippen LogP contribution in [-0.4, -0.2) is 41.0 Å². The Morgan fingerprint density at radius 1 is 1.53 bits per heavy atom. The monoisotopic (exact) mass is 233 g/mol. The second-order valence-electron chi connectivity index (χ2n) is 4.52. The maximum atomic E-state index is 10.9. The molecule has 0 spiro atoms. The van der Waals surface area contributed by atoms with Gasteiger partial charge in [0.05, 0.1) is 12.2 Å². The summed E-state index contributed by atoms with van der Waals surface area (Å²) in [5.41, 5.74) is 0. The van der Waals surface area contributed by atoms with Crippen molar-refractivity contribution in [3.05, 3.63) is 0 Å². The Balaban J connectivity index is 2.06. The van der Waals surface area contributed by atoms with Crippen LogP contribution in [0, 0.1) is 0 Å². The normalized spacial score (nSPS) is 30.3. The maximum Gasteiger partial charge on any atom is 0.0704 e. The third-order valence-corrected chi connectivity index (χ3v) is 3.66. The Kier molecular flexibility index (Phi) is 5.79. The van der Waals surface area contributed by atoms with Crippen molar-refractivity contribution < 1.29 is 8.95 Å². The molecule has 0 saturated carbocycles. The number of hydrogen-bond acceptors (Lipinski definition) is 3. The van der Waals surface area contributed by atoms with Crippen LogP contribution in [0.4, 0.5) is 0 Å². The third-order valence-electron chi connectivity index (χ3n) is 2.85. The fourth-order valence-corrected chi connectivity index (χ4v) is 2.50. The highest BCUT2D eigenvalue weighted by atomic mass is 32.2. The van der Waals surface area contributed by atoms with Crippen molar-refractivity contribution in [3.8, 4) is 0 Å². The Morgan fingerprint density at radius 2 is 2.27 bits per heavy atom. The van der Waals surface area contributed by atoms with Gasteiger partial charge in [-0.05, 0) is 33.1 Å². The first-order valence-electron chi connectivity index (χ1n) is 5.76. The van der Waals surface area contributed by atoms with Gasteiger partial charge in [0.15, 0.2) is 0 Å². The number of rotatable bonds is 6. The lowest BCUT2D eigenvalue weighted by Gasteiger charge is -2.17. The van der Waals surface area contributed by atoms with E-state index in [1.807, 2.05) is 0 Å². The van der Waals surface area contributed by atoms with Gasteiger partial charge in [-0.2, -0.15) is 0 Å². The second-order valence-corrected chi connectivity index (χ2v) is 6.08. The molecule has 0 aromatic heterocycles. The van der Waals surface area contributed by atoms with E-state index in [1.54, 1.807) is 6.26 Å². The first kappa shape index (κ1) is 13.1. The summed E-state index contributed by atoms with van der Waals surface area (Å²) >= 11 is 0. The van der Waals surface area contributed by atoms with Gasteiger partial charge in [-0.25, -0.2) is 0 Å². The van der Waals surface area contributed by atoms with Gasteiger partial charge in [0, 0.05) is 35.4 Å². The van der Waals surface area contributed by atoms with Crippen molar-refractivity contribution in [1.29, 1.82) is 0 Å². The molecule has 1 aliphatic rings. The van der Waals surface area contributed by atoms with E-state index in [0.29, 0.717) is 18.2 Å². The lowest BCUT2D eigenvalue weighted by atomic mass is 10.2. The van der Waals surface area contributed by atoms with Gasteiger partial charge in [-0.3, -0.25) is 4.21 Å². The third kappa shape index (κ3) is 5.64. The zero-order valence-electron chi connectivity index (χ0n) is 9.99. The smallest absolute Gasteiger partial charge is 0.0704 e. The van der Waals surface area contributed by atoms with E-state index in [0.717, 1.165) is 18.7 Å². The fraction of sp³-hybridized carbons (Fsp3) is 1.00. The summed E-state index contributed by atoms with van der Waals surface area (Å²) in [4.78, 5) is 0. The van der Waals surface area contributed by atoms with Gasteiger partial charge in [0.2, 0.25) is 0 Å². The van der Waals surface area contributed by atoms with Crippen LogP contribution in [-0.2, 0) is 15.5 Å². The molecule has 0 radical (unpaired) electrons. The molecule has 4 atom stereocenters. The zero-order chi connectivity index (χ0) is 11.3. The molecule has 0 aromatic carbocycles. The SMILES string of the molecule is CC(CCS(C)=O)NCC1CCC(C)O1. The summed E-state index contributed by atoms with van der Waals surface area (Å²) in [6.07, 6.45) is 5.89. The number of nitrogens with one attached hydrogen (secondary N) is 1. The summed E-state index contributed by atoms with van der Waals surface area (Å²) in [7, 11) is -0.669. The van der Waals surface area contributed by atoms with Crippen molar-refractivity contribution in [1.82, 2.24) is 5.32 Å². The van der Waals surface area contributed by atoms with Gasteiger partial charge < -0.3 is 10.1 Å². The van der Waals surface area contributed by atoms with E-state index >= 15 is 0 Å². The van der Waals surface area contributed by atoms with E-state index in [-0.39, 0.29) is 0 Å². The van der Waals surface area contributed by atoms with Crippen molar-refractivity contribution >= 4 is 10.8 Å². The Bertz CT molecular complexity index is 211. The molecular formula is C11H23NO2S. The van der Waals surface area contributed by atoms with Crippen molar-refractivity contribution in [2.24, 2.45) is 0 Å². The van der Waals surface area contributed by atoms with E-state index in [9.17, 15) is 4.21 Å². The molecule has 4 heteroatoms. The highest BCUT2D eigenvalue weighted by Gasteiger charge is 2.21. The van der Waals surface area contributed by atoms with Crippen molar-refractivity contribution in [2.75, 3.05) is 18.6 Å². The molecule has 1 fully saturated rings.